The van der Waals surface area contributed by atoms with E-state index in [-0.39, 0.29) is 0 Å². The third-order valence-electron chi connectivity index (χ3n) is 1.57. The van der Waals surface area contributed by atoms with Crippen molar-refractivity contribution >= 4 is 13.3 Å². The molecule has 0 bridgehead atoms. The lowest BCUT2D eigenvalue weighted by molar-refractivity contribution is 0.355. The largest absolute Gasteiger partial charge is 0.490 e. The molecule has 0 saturated carbocycles. The van der Waals surface area contributed by atoms with E-state index in [9.17, 15) is 0 Å². The molecule has 0 unspecified atom stereocenters. The molecule has 0 saturated heterocycles. The quantitative estimate of drug-likeness (QED) is 0.471. The zero-order chi connectivity index (χ0) is 8.97. The van der Waals surface area contributed by atoms with Crippen molar-refractivity contribution < 1.29 is 4.74 Å². The third kappa shape index (κ3) is 2.46. The summed E-state index contributed by atoms with van der Waals surface area (Å²) in [5.41, 5.74) is 2.21. The average Bonchev–Trinajstić information content (AvgIpc) is 2.03. The van der Waals surface area contributed by atoms with Gasteiger partial charge in [-0.1, -0.05) is 24.8 Å². The molecule has 0 aliphatic rings. The molecule has 0 aliphatic carbocycles. The predicted molar refractivity (Wildman–Crippen MR) is 54.9 cm³/mol. The van der Waals surface area contributed by atoms with Crippen LogP contribution in [0.3, 0.4) is 0 Å². The smallest absolute Gasteiger partial charge is 0.144 e. The van der Waals surface area contributed by atoms with Crippen molar-refractivity contribution in [3.63, 3.8) is 0 Å². The molecule has 1 aromatic carbocycles. The van der Waals surface area contributed by atoms with Crippen LogP contribution in [0.2, 0.25) is 0 Å². The first kappa shape index (κ1) is 8.92. The van der Waals surface area contributed by atoms with Gasteiger partial charge in [-0.3, -0.25) is 0 Å². The standard InChI is InChI=1S/C10H13BO/c1-8(2)7-12-10-6-4-3-5-9(10)11/h3-6H,1,7,11H2,2H3. The highest BCUT2D eigenvalue weighted by atomic mass is 16.5. The summed E-state index contributed by atoms with van der Waals surface area (Å²) in [6.07, 6.45) is 0. The normalized spacial score (nSPS) is 9.42. The summed E-state index contributed by atoms with van der Waals surface area (Å²) in [5, 5.41) is 0. The molecule has 0 aliphatic heterocycles. The van der Waals surface area contributed by atoms with Crippen molar-refractivity contribution in [3.8, 4) is 5.75 Å². The summed E-state index contributed by atoms with van der Waals surface area (Å²) >= 11 is 0. The van der Waals surface area contributed by atoms with Crippen LogP contribution in [-0.4, -0.2) is 14.5 Å². The van der Waals surface area contributed by atoms with Crippen LogP contribution < -0.4 is 10.2 Å². The molecule has 1 nitrogen and oxygen atoms in total. The van der Waals surface area contributed by atoms with Gasteiger partial charge in [0.1, 0.15) is 20.2 Å². The average molecular weight is 160 g/mol. The number of hydrogen-bond donors (Lipinski definition) is 0. The lowest BCUT2D eigenvalue weighted by atomic mass is 9.95. The fourth-order valence-corrected chi connectivity index (χ4v) is 0.919. The Morgan fingerprint density at radius 1 is 1.50 bits per heavy atom. The highest BCUT2D eigenvalue weighted by Gasteiger charge is 1.95. The van der Waals surface area contributed by atoms with E-state index in [2.05, 4.69) is 6.58 Å². The van der Waals surface area contributed by atoms with Crippen LogP contribution >= 0.6 is 0 Å². The van der Waals surface area contributed by atoms with E-state index in [1.54, 1.807) is 0 Å². The van der Waals surface area contributed by atoms with E-state index < -0.39 is 0 Å². The van der Waals surface area contributed by atoms with Gasteiger partial charge >= 0.3 is 0 Å². The molecule has 62 valence electrons. The van der Waals surface area contributed by atoms with Crippen LogP contribution in [0.4, 0.5) is 0 Å². The molecule has 0 amide bonds. The number of rotatable bonds is 3. The summed E-state index contributed by atoms with van der Waals surface area (Å²) in [7, 11) is 2.04. The monoisotopic (exact) mass is 160 g/mol. The van der Waals surface area contributed by atoms with Gasteiger partial charge in [-0.05, 0) is 24.0 Å². The second kappa shape index (κ2) is 4.00. The first-order valence-corrected chi connectivity index (χ1v) is 4.03. The molecule has 0 heterocycles. The summed E-state index contributed by atoms with van der Waals surface area (Å²) in [6.45, 7) is 6.33. The first-order valence-electron chi connectivity index (χ1n) is 4.03. The minimum Gasteiger partial charge on any atom is -0.490 e. The highest BCUT2D eigenvalue weighted by Crippen LogP contribution is 2.05. The van der Waals surface area contributed by atoms with Gasteiger partial charge in [0.15, 0.2) is 0 Å². The van der Waals surface area contributed by atoms with Gasteiger partial charge in [0.05, 0.1) is 0 Å². The number of para-hydroxylation sites is 1. The molecule has 0 radical (unpaired) electrons. The Balaban J connectivity index is 2.63. The lowest BCUT2D eigenvalue weighted by Crippen LogP contribution is -2.09. The summed E-state index contributed by atoms with van der Waals surface area (Å²) in [6, 6.07) is 7.98. The topological polar surface area (TPSA) is 9.23 Å². The van der Waals surface area contributed by atoms with Gasteiger partial charge in [0.2, 0.25) is 0 Å². The predicted octanol–water partition coefficient (Wildman–Crippen LogP) is 0.900. The molecule has 2 heteroatoms. The Kier molecular flexibility index (Phi) is 2.97. The van der Waals surface area contributed by atoms with Crippen molar-refractivity contribution in [2.45, 2.75) is 6.92 Å². The number of benzene rings is 1. The van der Waals surface area contributed by atoms with Gasteiger partial charge in [0, 0.05) is 0 Å². The Bertz CT molecular complexity index is 281. The fourth-order valence-electron chi connectivity index (χ4n) is 0.919. The van der Waals surface area contributed by atoms with Crippen LogP contribution in [0.15, 0.2) is 36.4 Å². The maximum atomic E-state index is 5.50. The Labute approximate surface area is 74.5 Å². The lowest BCUT2D eigenvalue weighted by Gasteiger charge is -2.07. The molecular weight excluding hydrogens is 147 g/mol. The molecule has 1 aromatic rings. The van der Waals surface area contributed by atoms with E-state index in [1.165, 1.54) is 5.46 Å². The van der Waals surface area contributed by atoms with E-state index in [1.807, 2.05) is 39.0 Å². The van der Waals surface area contributed by atoms with Crippen LogP contribution in [0.1, 0.15) is 6.92 Å². The molecule has 0 aromatic heterocycles. The molecular formula is C10H13BO. The SMILES string of the molecule is Bc1ccccc1OCC(=C)C. The molecule has 1 rings (SSSR count). The summed E-state index contributed by atoms with van der Waals surface area (Å²) in [4.78, 5) is 0. The van der Waals surface area contributed by atoms with E-state index in [0.717, 1.165) is 11.3 Å². The van der Waals surface area contributed by atoms with Crippen molar-refractivity contribution in [2.24, 2.45) is 0 Å². The van der Waals surface area contributed by atoms with Gasteiger partial charge in [0.25, 0.3) is 0 Å². The van der Waals surface area contributed by atoms with Crippen LogP contribution in [0.25, 0.3) is 0 Å². The van der Waals surface area contributed by atoms with Crippen molar-refractivity contribution in [1.82, 2.24) is 0 Å². The Morgan fingerprint density at radius 3 is 2.75 bits per heavy atom. The molecule has 12 heavy (non-hydrogen) atoms. The minimum atomic E-state index is 0.602. The Morgan fingerprint density at radius 2 is 2.17 bits per heavy atom. The summed E-state index contributed by atoms with van der Waals surface area (Å²) < 4.78 is 5.50. The first-order chi connectivity index (χ1) is 5.70. The van der Waals surface area contributed by atoms with E-state index >= 15 is 0 Å². The van der Waals surface area contributed by atoms with Gasteiger partial charge in [-0.15, -0.1) is 0 Å². The van der Waals surface area contributed by atoms with E-state index in [4.69, 9.17) is 4.74 Å². The second-order valence-electron chi connectivity index (χ2n) is 3.01. The molecule has 0 fully saturated rings. The minimum absolute atomic E-state index is 0.602. The highest BCUT2D eigenvalue weighted by molar-refractivity contribution is 6.34. The zero-order valence-electron chi connectivity index (χ0n) is 7.63. The van der Waals surface area contributed by atoms with Crippen LogP contribution in [-0.2, 0) is 0 Å². The molecule has 0 N–H and O–H groups in total. The van der Waals surface area contributed by atoms with Gasteiger partial charge in [-0.2, -0.15) is 0 Å². The molecule has 0 atom stereocenters. The maximum absolute atomic E-state index is 5.50. The van der Waals surface area contributed by atoms with Crippen molar-refractivity contribution in [2.75, 3.05) is 6.61 Å². The van der Waals surface area contributed by atoms with Gasteiger partial charge in [-0.25, -0.2) is 0 Å². The number of ether oxygens (including phenoxy) is 1. The maximum Gasteiger partial charge on any atom is 0.144 e. The summed E-state index contributed by atoms with van der Waals surface area (Å²) in [5.74, 6) is 0.945. The molecule has 0 spiro atoms. The third-order valence-corrected chi connectivity index (χ3v) is 1.57. The fraction of sp³-hybridized carbons (Fsp3) is 0.200. The van der Waals surface area contributed by atoms with E-state index in [0.29, 0.717) is 6.61 Å². The van der Waals surface area contributed by atoms with Crippen LogP contribution in [0, 0.1) is 0 Å². The second-order valence-corrected chi connectivity index (χ2v) is 3.01. The van der Waals surface area contributed by atoms with Crippen molar-refractivity contribution in [1.29, 1.82) is 0 Å². The van der Waals surface area contributed by atoms with Crippen LogP contribution in [0.5, 0.6) is 5.75 Å². The zero-order valence-corrected chi connectivity index (χ0v) is 7.63. The Hall–Kier alpha value is -1.18. The number of hydrogen-bond acceptors (Lipinski definition) is 1. The van der Waals surface area contributed by atoms with Crippen molar-refractivity contribution in [3.05, 3.63) is 36.4 Å². The van der Waals surface area contributed by atoms with Gasteiger partial charge < -0.3 is 4.74 Å².